The Labute approximate surface area is 169 Å². The third kappa shape index (κ3) is 2.97. The lowest BCUT2D eigenvalue weighted by molar-refractivity contribution is -0.168. The van der Waals surface area contributed by atoms with Gasteiger partial charge in [-0.25, -0.2) is 0 Å². The fraction of sp³-hybridized carbons (Fsp3) is 0.917. The van der Waals surface area contributed by atoms with Crippen LogP contribution in [0, 0.1) is 46.3 Å². The summed E-state index contributed by atoms with van der Waals surface area (Å²) in [7, 11) is 0. The molecule has 0 spiro atoms. The Kier molecular flexibility index (Phi) is 5.39. The molecule has 4 heteroatoms. The second-order valence-electron chi connectivity index (χ2n) is 10.9. The Balaban J connectivity index is 1.61. The van der Waals surface area contributed by atoms with E-state index in [0.717, 1.165) is 32.1 Å². The molecule has 0 amide bonds. The van der Waals surface area contributed by atoms with Crippen molar-refractivity contribution in [2.45, 2.75) is 90.6 Å². The molecular formula is C24H37O4. The van der Waals surface area contributed by atoms with Crippen molar-refractivity contribution in [1.29, 1.82) is 0 Å². The normalized spacial score (nSPS) is 48.8. The Morgan fingerprint density at radius 3 is 2.54 bits per heavy atom. The smallest absolute Gasteiger partial charge is 0.306 e. The van der Waals surface area contributed by atoms with Crippen LogP contribution in [0.5, 0.6) is 0 Å². The number of hydrogen-bond donors (Lipinski definition) is 2. The minimum atomic E-state index is -0.757. The molecule has 4 aliphatic rings. The fourth-order valence-corrected chi connectivity index (χ4v) is 8.67. The van der Waals surface area contributed by atoms with Crippen molar-refractivity contribution in [1.82, 2.24) is 0 Å². The first-order valence-corrected chi connectivity index (χ1v) is 11.6. The zero-order valence-corrected chi connectivity index (χ0v) is 17.5. The number of hydrogen-bond acceptors (Lipinski definition) is 3. The maximum atomic E-state index is 12.0. The van der Waals surface area contributed by atoms with Crippen LogP contribution in [0.1, 0.15) is 84.5 Å². The number of carboxylic acid groups (broad SMARTS) is 1. The Bertz CT molecular complexity index is 618. The van der Waals surface area contributed by atoms with Gasteiger partial charge in [0.05, 0.1) is 12.0 Å². The van der Waals surface area contributed by atoms with Crippen LogP contribution >= 0.6 is 0 Å². The lowest BCUT2D eigenvalue weighted by atomic mass is 9.44. The molecule has 0 aromatic carbocycles. The van der Waals surface area contributed by atoms with Gasteiger partial charge in [-0.1, -0.05) is 26.7 Å². The molecule has 4 rings (SSSR count). The third-order valence-corrected chi connectivity index (χ3v) is 10.0. The summed E-state index contributed by atoms with van der Waals surface area (Å²) in [5.41, 5.74) is 0.339. The van der Waals surface area contributed by atoms with Gasteiger partial charge >= 0.3 is 5.97 Å². The van der Waals surface area contributed by atoms with E-state index in [-0.39, 0.29) is 23.9 Å². The van der Waals surface area contributed by atoms with Gasteiger partial charge in [-0.3, -0.25) is 9.59 Å². The number of aliphatic carboxylic acids is 1. The molecule has 157 valence electrons. The van der Waals surface area contributed by atoms with Crippen LogP contribution in [0.25, 0.3) is 0 Å². The average Bonchev–Trinajstić information content (AvgIpc) is 2.99. The Morgan fingerprint density at radius 1 is 1.07 bits per heavy atom. The van der Waals surface area contributed by atoms with E-state index >= 15 is 0 Å². The number of rotatable bonds is 5. The highest BCUT2D eigenvalue weighted by Gasteiger charge is 2.63. The molecule has 1 radical (unpaired) electrons. The number of carbonyl (C=O) groups is 1. The van der Waals surface area contributed by atoms with E-state index in [1.54, 1.807) is 0 Å². The van der Waals surface area contributed by atoms with Gasteiger partial charge in [0.1, 0.15) is 0 Å². The van der Waals surface area contributed by atoms with Crippen LogP contribution in [0.4, 0.5) is 0 Å². The molecule has 0 aromatic rings. The minimum Gasteiger partial charge on any atom is -0.481 e. The summed E-state index contributed by atoms with van der Waals surface area (Å²) < 4.78 is 0. The van der Waals surface area contributed by atoms with Crippen LogP contribution in [0.3, 0.4) is 0 Å². The molecule has 0 saturated heterocycles. The zero-order valence-electron chi connectivity index (χ0n) is 17.5. The second kappa shape index (κ2) is 7.41. The predicted octanol–water partition coefficient (Wildman–Crippen LogP) is 4.60. The predicted molar refractivity (Wildman–Crippen MR) is 107 cm³/mol. The van der Waals surface area contributed by atoms with Crippen molar-refractivity contribution < 1.29 is 19.8 Å². The minimum absolute atomic E-state index is 0.0219. The van der Waals surface area contributed by atoms with Crippen LogP contribution in [0.2, 0.25) is 0 Å². The quantitative estimate of drug-likeness (QED) is 0.721. The van der Waals surface area contributed by atoms with Crippen LogP contribution in [-0.4, -0.2) is 28.6 Å². The van der Waals surface area contributed by atoms with E-state index in [1.165, 1.54) is 25.7 Å². The lowest BCUT2D eigenvalue weighted by Crippen LogP contribution is -2.58. The molecule has 4 saturated carbocycles. The van der Waals surface area contributed by atoms with Gasteiger partial charge in [0.25, 0.3) is 0 Å². The van der Waals surface area contributed by atoms with Crippen LogP contribution < -0.4 is 0 Å². The summed E-state index contributed by atoms with van der Waals surface area (Å²) in [6, 6.07) is 0. The maximum Gasteiger partial charge on any atom is 0.306 e. The molecular weight excluding hydrogens is 352 g/mol. The van der Waals surface area contributed by atoms with Gasteiger partial charge in [0, 0.05) is 6.42 Å². The molecule has 0 aromatic heterocycles. The van der Waals surface area contributed by atoms with E-state index in [4.69, 9.17) is 0 Å². The van der Waals surface area contributed by atoms with Crippen molar-refractivity contribution in [2.75, 3.05) is 0 Å². The molecule has 4 aliphatic carbocycles. The average molecular weight is 390 g/mol. The first-order valence-electron chi connectivity index (χ1n) is 11.6. The summed E-state index contributed by atoms with van der Waals surface area (Å²) in [5, 5.41) is 21.1. The molecule has 2 N–H and O–H groups in total. The molecule has 0 heterocycles. The Morgan fingerprint density at radius 2 is 1.82 bits per heavy atom. The standard InChI is InChI=1S/C24H37O4/c1-23-11-4-3-6-15(23)14-20(26)21-18-9-8-17(16(22(27)28)7-5-13-25)24(18,2)12-10-19(21)23/h15-21,26H,3-12,14H2,1-2H3,(H,27,28)/t15?,16-,17-,18+,19+,20?,21+,23+,24-/m1/s1. The van der Waals surface area contributed by atoms with E-state index in [9.17, 15) is 19.8 Å². The van der Waals surface area contributed by atoms with E-state index in [2.05, 4.69) is 13.8 Å². The van der Waals surface area contributed by atoms with E-state index < -0.39 is 11.9 Å². The van der Waals surface area contributed by atoms with Crippen molar-refractivity contribution in [3.8, 4) is 0 Å². The first-order chi connectivity index (χ1) is 13.3. The lowest BCUT2D eigenvalue weighted by Gasteiger charge is -2.62. The van der Waals surface area contributed by atoms with Crippen molar-refractivity contribution in [3.05, 3.63) is 0 Å². The fourth-order valence-electron chi connectivity index (χ4n) is 8.67. The topological polar surface area (TPSA) is 74.6 Å². The van der Waals surface area contributed by atoms with Crippen molar-refractivity contribution in [3.63, 3.8) is 0 Å². The van der Waals surface area contributed by atoms with Gasteiger partial charge in [-0.2, -0.15) is 0 Å². The number of fused-ring (bicyclic) bond motifs is 5. The molecule has 28 heavy (non-hydrogen) atoms. The maximum absolute atomic E-state index is 12.0. The highest BCUT2D eigenvalue weighted by Crippen LogP contribution is 2.68. The molecule has 0 bridgehead atoms. The van der Waals surface area contributed by atoms with Crippen LogP contribution in [-0.2, 0) is 9.59 Å². The zero-order chi connectivity index (χ0) is 20.1. The Hall–Kier alpha value is -0.900. The number of carbonyl (C=O) groups excluding carboxylic acids is 1. The van der Waals surface area contributed by atoms with Gasteiger partial charge < -0.3 is 10.2 Å². The summed E-state index contributed by atoms with van der Waals surface area (Å²) in [4.78, 5) is 22.8. The molecule has 4 fully saturated rings. The third-order valence-electron chi connectivity index (χ3n) is 10.0. The summed E-state index contributed by atoms with van der Waals surface area (Å²) in [5.74, 6) is 0.912. The van der Waals surface area contributed by atoms with Crippen LogP contribution in [0.15, 0.2) is 0 Å². The highest BCUT2D eigenvalue weighted by molar-refractivity contribution is 5.71. The van der Waals surface area contributed by atoms with Gasteiger partial charge in [-0.05, 0) is 91.8 Å². The largest absolute Gasteiger partial charge is 0.481 e. The van der Waals surface area contributed by atoms with Gasteiger partial charge in [0.15, 0.2) is 6.29 Å². The highest BCUT2D eigenvalue weighted by atomic mass is 16.4. The molecule has 4 nitrogen and oxygen atoms in total. The van der Waals surface area contributed by atoms with E-state index in [0.29, 0.717) is 35.5 Å². The van der Waals surface area contributed by atoms with E-state index in [1.807, 2.05) is 6.29 Å². The van der Waals surface area contributed by atoms with Gasteiger partial charge in [0.2, 0.25) is 0 Å². The summed E-state index contributed by atoms with van der Waals surface area (Å²) in [6.45, 7) is 4.80. The van der Waals surface area contributed by atoms with Crippen molar-refractivity contribution in [2.24, 2.45) is 46.3 Å². The monoisotopic (exact) mass is 389 g/mol. The summed E-state index contributed by atoms with van der Waals surface area (Å²) >= 11 is 0. The molecule has 2 unspecified atom stereocenters. The number of carboxylic acids is 1. The SMILES string of the molecule is C[C@]12CC[C@H]3[C@@H](C(O)CC4CCCC[C@@]43C)[C@@H]1CC[C@@H]2[C@@H](CC[C]=O)C(=O)O. The number of aliphatic hydroxyl groups excluding tert-OH is 1. The molecule has 0 aliphatic heterocycles. The van der Waals surface area contributed by atoms with Crippen molar-refractivity contribution >= 4 is 12.3 Å². The number of aliphatic hydroxyl groups is 1. The molecule has 9 atom stereocenters. The summed E-state index contributed by atoms with van der Waals surface area (Å²) in [6.07, 6.45) is 12.6. The second-order valence-corrected chi connectivity index (χ2v) is 10.9. The first kappa shape index (κ1) is 20.4. The van der Waals surface area contributed by atoms with Gasteiger partial charge in [-0.15, -0.1) is 0 Å².